The van der Waals surface area contributed by atoms with Gasteiger partial charge in [0.1, 0.15) is 5.75 Å². The summed E-state index contributed by atoms with van der Waals surface area (Å²) in [4.78, 5) is 0. The zero-order chi connectivity index (χ0) is 15.0. The molecular weight excluding hydrogens is 304 g/mol. The lowest BCUT2D eigenvalue weighted by Crippen LogP contribution is -2.29. The molecule has 4 heteroatoms. The third-order valence-electron chi connectivity index (χ3n) is 3.79. The summed E-state index contributed by atoms with van der Waals surface area (Å²) >= 11 is 3.61. The van der Waals surface area contributed by atoms with Crippen molar-refractivity contribution in [2.75, 3.05) is 7.11 Å². The van der Waals surface area contributed by atoms with Crippen molar-refractivity contribution < 1.29 is 4.74 Å². The molecule has 0 saturated heterocycles. The first kappa shape index (κ1) is 16.0. The highest BCUT2D eigenvalue weighted by Crippen LogP contribution is 2.43. The molecule has 0 aliphatic rings. The van der Waals surface area contributed by atoms with Crippen molar-refractivity contribution in [1.82, 2.24) is 0 Å². The molecule has 0 spiro atoms. The van der Waals surface area contributed by atoms with Crippen LogP contribution in [0, 0.1) is 37.5 Å². The second-order valence-electron chi connectivity index (χ2n) is 5.45. The molecule has 0 aromatic heterocycles. The molecule has 0 radical (unpaired) electrons. The molecule has 104 valence electrons. The van der Waals surface area contributed by atoms with E-state index in [2.05, 4.69) is 22.0 Å². The van der Waals surface area contributed by atoms with E-state index in [4.69, 9.17) is 10.5 Å². The van der Waals surface area contributed by atoms with Crippen LogP contribution in [0.1, 0.15) is 42.1 Å². The number of benzene rings is 1. The van der Waals surface area contributed by atoms with Gasteiger partial charge in [-0.15, -0.1) is 0 Å². The van der Waals surface area contributed by atoms with Gasteiger partial charge in [0.05, 0.1) is 24.6 Å². The summed E-state index contributed by atoms with van der Waals surface area (Å²) in [5.74, 6) is 0.786. The second kappa shape index (κ2) is 5.52. The lowest BCUT2D eigenvalue weighted by molar-refractivity contribution is 0.359. The lowest BCUT2D eigenvalue weighted by atomic mass is 9.79. The van der Waals surface area contributed by atoms with E-state index in [0.29, 0.717) is 0 Å². The predicted molar refractivity (Wildman–Crippen MR) is 81.2 cm³/mol. The Morgan fingerprint density at radius 1 is 1.21 bits per heavy atom. The van der Waals surface area contributed by atoms with E-state index in [1.54, 1.807) is 7.11 Å². The van der Waals surface area contributed by atoms with Crippen LogP contribution in [0.3, 0.4) is 0 Å². The minimum atomic E-state index is -0.654. The number of hydrogen-bond donors (Lipinski definition) is 1. The fourth-order valence-corrected chi connectivity index (χ4v) is 2.69. The van der Waals surface area contributed by atoms with Gasteiger partial charge in [0.2, 0.25) is 0 Å². The maximum absolute atomic E-state index is 9.29. The van der Waals surface area contributed by atoms with Gasteiger partial charge in [0, 0.05) is 10.0 Å². The molecule has 1 aromatic rings. The molecule has 0 aliphatic carbocycles. The molecule has 0 fully saturated rings. The number of nitrogens with zero attached hydrogens (tertiary/aromatic N) is 1. The molecule has 0 amide bonds. The molecule has 0 aliphatic heterocycles. The van der Waals surface area contributed by atoms with Crippen molar-refractivity contribution >= 4 is 15.9 Å². The number of nitrogens with two attached hydrogens (primary N) is 1. The van der Waals surface area contributed by atoms with Crippen LogP contribution in [0.4, 0.5) is 0 Å². The summed E-state index contributed by atoms with van der Waals surface area (Å²) in [6.45, 7) is 9.74. The van der Waals surface area contributed by atoms with Crippen molar-refractivity contribution in [3.8, 4) is 11.8 Å². The molecular formula is C15H21BrN2O. The van der Waals surface area contributed by atoms with Crippen LogP contribution in [-0.4, -0.2) is 7.11 Å². The normalized spacial score (nSPS) is 13.0. The largest absolute Gasteiger partial charge is 0.496 e. The topological polar surface area (TPSA) is 59.0 Å². The summed E-state index contributed by atoms with van der Waals surface area (Å²) in [6, 6.07) is 1.88. The van der Waals surface area contributed by atoms with Gasteiger partial charge in [-0.2, -0.15) is 5.26 Å². The van der Waals surface area contributed by atoms with Crippen LogP contribution in [0.25, 0.3) is 0 Å². The van der Waals surface area contributed by atoms with Crippen LogP contribution >= 0.6 is 15.9 Å². The van der Waals surface area contributed by atoms with Crippen molar-refractivity contribution in [2.45, 2.75) is 40.7 Å². The van der Waals surface area contributed by atoms with Gasteiger partial charge >= 0.3 is 0 Å². The van der Waals surface area contributed by atoms with Crippen molar-refractivity contribution in [2.24, 2.45) is 11.1 Å². The SMILES string of the molecule is COc1c(C)c(C)c(Br)c(C)c1C(N)C(C)(C)C#N. The van der Waals surface area contributed by atoms with E-state index in [9.17, 15) is 5.26 Å². The summed E-state index contributed by atoms with van der Waals surface area (Å²) in [6.07, 6.45) is 0. The number of ether oxygens (including phenoxy) is 1. The van der Waals surface area contributed by atoms with E-state index >= 15 is 0 Å². The Balaban J connectivity index is 3.65. The van der Waals surface area contributed by atoms with E-state index in [-0.39, 0.29) is 0 Å². The van der Waals surface area contributed by atoms with Crippen molar-refractivity contribution in [3.05, 3.63) is 26.7 Å². The van der Waals surface area contributed by atoms with Crippen LogP contribution in [0.15, 0.2) is 4.47 Å². The van der Waals surface area contributed by atoms with Crippen LogP contribution in [-0.2, 0) is 0 Å². The van der Waals surface area contributed by atoms with Gasteiger partial charge in [-0.25, -0.2) is 0 Å². The van der Waals surface area contributed by atoms with E-state index in [1.165, 1.54) is 0 Å². The summed E-state index contributed by atoms with van der Waals surface area (Å²) in [7, 11) is 1.64. The Bertz CT molecular complexity index is 544. The highest BCUT2D eigenvalue weighted by atomic mass is 79.9. The molecule has 19 heavy (non-hydrogen) atoms. The van der Waals surface area contributed by atoms with E-state index in [1.807, 2.05) is 34.6 Å². The smallest absolute Gasteiger partial charge is 0.127 e. The summed E-state index contributed by atoms with van der Waals surface area (Å²) < 4.78 is 6.58. The third kappa shape index (κ3) is 2.63. The average molecular weight is 325 g/mol. The first-order valence-electron chi connectivity index (χ1n) is 6.19. The number of hydrogen-bond acceptors (Lipinski definition) is 3. The van der Waals surface area contributed by atoms with Gasteiger partial charge in [-0.3, -0.25) is 0 Å². The zero-order valence-corrected chi connectivity index (χ0v) is 14.0. The van der Waals surface area contributed by atoms with Gasteiger partial charge in [-0.1, -0.05) is 15.9 Å². The second-order valence-corrected chi connectivity index (χ2v) is 6.24. The monoisotopic (exact) mass is 324 g/mol. The molecule has 3 nitrogen and oxygen atoms in total. The Labute approximate surface area is 123 Å². The van der Waals surface area contributed by atoms with Gasteiger partial charge < -0.3 is 10.5 Å². The first-order valence-corrected chi connectivity index (χ1v) is 6.98. The van der Waals surface area contributed by atoms with E-state index < -0.39 is 11.5 Å². The molecule has 1 aromatic carbocycles. The minimum absolute atomic E-state index is 0.400. The Hall–Kier alpha value is -1.05. The maximum Gasteiger partial charge on any atom is 0.127 e. The maximum atomic E-state index is 9.29. The predicted octanol–water partition coefficient (Wildman–Crippen LogP) is 3.93. The Morgan fingerprint density at radius 2 is 1.74 bits per heavy atom. The molecule has 0 heterocycles. The fourth-order valence-electron chi connectivity index (χ4n) is 2.17. The van der Waals surface area contributed by atoms with Gasteiger partial charge in [0.25, 0.3) is 0 Å². The van der Waals surface area contributed by atoms with Gasteiger partial charge in [0.15, 0.2) is 0 Å². The summed E-state index contributed by atoms with van der Waals surface area (Å²) in [5, 5.41) is 9.29. The molecule has 0 saturated carbocycles. The highest BCUT2D eigenvalue weighted by Gasteiger charge is 2.32. The lowest BCUT2D eigenvalue weighted by Gasteiger charge is -2.29. The Morgan fingerprint density at radius 3 is 2.16 bits per heavy atom. The molecule has 1 rings (SSSR count). The third-order valence-corrected chi connectivity index (χ3v) is 4.98. The number of rotatable bonds is 3. The summed E-state index contributed by atoms with van der Waals surface area (Å²) in [5.41, 5.74) is 9.81. The van der Waals surface area contributed by atoms with Crippen molar-refractivity contribution in [1.29, 1.82) is 5.26 Å². The highest BCUT2D eigenvalue weighted by molar-refractivity contribution is 9.10. The van der Waals surface area contributed by atoms with Gasteiger partial charge in [-0.05, 0) is 51.3 Å². The quantitative estimate of drug-likeness (QED) is 0.916. The van der Waals surface area contributed by atoms with Crippen LogP contribution in [0.5, 0.6) is 5.75 Å². The standard InChI is InChI=1S/C15H21BrN2O/c1-8-9(2)13(19-6)11(10(3)12(8)16)14(18)15(4,5)7-17/h14H,18H2,1-6H3. The molecule has 1 unspecified atom stereocenters. The number of methoxy groups -OCH3 is 1. The fraction of sp³-hybridized carbons (Fsp3) is 0.533. The first-order chi connectivity index (χ1) is 8.68. The van der Waals surface area contributed by atoms with E-state index in [0.717, 1.165) is 32.5 Å². The molecule has 0 bridgehead atoms. The average Bonchev–Trinajstić information content (AvgIpc) is 2.39. The number of halogens is 1. The van der Waals surface area contributed by atoms with Crippen molar-refractivity contribution in [3.63, 3.8) is 0 Å². The molecule has 1 atom stereocenters. The Kier molecular flexibility index (Phi) is 4.65. The number of nitriles is 1. The minimum Gasteiger partial charge on any atom is -0.496 e. The van der Waals surface area contributed by atoms with Crippen LogP contribution < -0.4 is 10.5 Å². The molecule has 2 N–H and O–H groups in total. The van der Waals surface area contributed by atoms with Crippen LogP contribution in [0.2, 0.25) is 0 Å². The zero-order valence-electron chi connectivity index (χ0n) is 12.4.